The van der Waals surface area contributed by atoms with Crippen LogP contribution in [0.15, 0.2) is 0 Å². The molecule has 1 amide bonds. The molecule has 144 valence electrons. The van der Waals surface area contributed by atoms with Crippen LogP contribution < -0.4 is 5.32 Å². The number of hydrogen-bond acceptors (Lipinski definition) is 7. The number of nitrogens with one attached hydrogen (secondary N) is 1. The Balaban J connectivity index is 4.87. The lowest BCUT2D eigenvalue weighted by Gasteiger charge is -2.22. The molecule has 0 aliphatic rings. The van der Waals surface area contributed by atoms with Gasteiger partial charge in [-0.25, -0.2) is 14.4 Å². The molecule has 0 unspecified atom stereocenters. The van der Waals surface area contributed by atoms with Crippen molar-refractivity contribution in [2.75, 3.05) is 6.61 Å². The molecule has 0 spiro atoms. The SMILES string of the molecule is CCCCOC(=O)[C@H](CC(=O)O[C@@H](C)C(=O)O)NC(=O)OC(C)(C)C. The number of amides is 1. The van der Waals surface area contributed by atoms with E-state index in [1.165, 1.54) is 6.92 Å². The average molecular weight is 361 g/mol. The Labute approximate surface area is 147 Å². The van der Waals surface area contributed by atoms with E-state index in [1.54, 1.807) is 20.8 Å². The summed E-state index contributed by atoms with van der Waals surface area (Å²) in [6.45, 7) is 8.16. The molecule has 2 atom stereocenters. The summed E-state index contributed by atoms with van der Waals surface area (Å²) < 4.78 is 14.7. The van der Waals surface area contributed by atoms with E-state index in [-0.39, 0.29) is 6.61 Å². The molecular weight excluding hydrogens is 334 g/mol. The van der Waals surface area contributed by atoms with Crippen molar-refractivity contribution in [2.45, 2.75) is 71.6 Å². The summed E-state index contributed by atoms with van der Waals surface area (Å²) in [5.74, 6) is -3.10. The number of ether oxygens (including phenoxy) is 3. The van der Waals surface area contributed by atoms with Crippen LogP contribution in [0.3, 0.4) is 0 Å². The Hall–Kier alpha value is -2.32. The largest absolute Gasteiger partial charge is 0.479 e. The van der Waals surface area contributed by atoms with Gasteiger partial charge in [0, 0.05) is 0 Å². The van der Waals surface area contributed by atoms with Crippen LogP contribution in [-0.4, -0.2) is 53.5 Å². The number of aliphatic carboxylic acids is 1. The summed E-state index contributed by atoms with van der Waals surface area (Å²) in [4.78, 5) is 46.4. The van der Waals surface area contributed by atoms with E-state index in [0.717, 1.165) is 6.42 Å². The summed E-state index contributed by atoms with van der Waals surface area (Å²) >= 11 is 0. The van der Waals surface area contributed by atoms with Crippen molar-refractivity contribution in [3.05, 3.63) is 0 Å². The highest BCUT2D eigenvalue weighted by Gasteiger charge is 2.29. The van der Waals surface area contributed by atoms with Crippen LogP contribution in [0.5, 0.6) is 0 Å². The smallest absolute Gasteiger partial charge is 0.408 e. The van der Waals surface area contributed by atoms with E-state index < -0.39 is 48.2 Å². The average Bonchev–Trinajstić information content (AvgIpc) is 2.44. The van der Waals surface area contributed by atoms with Gasteiger partial charge in [-0.15, -0.1) is 0 Å². The molecule has 0 rings (SSSR count). The Morgan fingerprint density at radius 2 is 1.76 bits per heavy atom. The maximum atomic E-state index is 12.1. The first kappa shape index (κ1) is 22.7. The van der Waals surface area contributed by atoms with Crippen LogP contribution in [0.1, 0.15) is 53.9 Å². The van der Waals surface area contributed by atoms with Crippen molar-refractivity contribution in [3.8, 4) is 0 Å². The molecule has 25 heavy (non-hydrogen) atoms. The Bertz CT molecular complexity index is 483. The van der Waals surface area contributed by atoms with E-state index >= 15 is 0 Å². The lowest BCUT2D eigenvalue weighted by molar-refractivity contribution is -0.164. The van der Waals surface area contributed by atoms with Crippen LogP contribution >= 0.6 is 0 Å². The highest BCUT2D eigenvalue weighted by atomic mass is 16.6. The van der Waals surface area contributed by atoms with Crippen molar-refractivity contribution < 1.29 is 38.5 Å². The van der Waals surface area contributed by atoms with Gasteiger partial charge in [-0.1, -0.05) is 13.3 Å². The van der Waals surface area contributed by atoms with Gasteiger partial charge in [-0.2, -0.15) is 0 Å². The Morgan fingerprint density at radius 1 is 1.16 bits per heavy atom. The minimum Gasteiger partial charge on any atom is -0.479 e. The fourth-order valence-electron chi connectivity index (χ4n) is 1.52. The topological polar surface area (TPSA) is 128 Å². The number of carboxylic acid groups (broad SMARTS) is 1. The van der Waals surface area contributed by atoms with E-state index in [9.17, 15) is 19.2 Å². The third-order valence-electron chi connectivity index (χ3n) is 2.74. The van der Waals surface area contributed by atoms with E-state index in [0.29, 0.717) is 6.42 Å². The van der Waals surface area contributed by atoms with Gasteiger partial charge in [-0.3, -0.25) is 4.79 Å². The zero-order valence-electron chi connectivity index (χ0n) is 15.3. The first-order valence-electron chi connectivity index (χ1n) is 8.04. The molecule has 0 aliphatic heterocycles. The molecule has 0 aromatic rings. The highest BCUT2D eigenvalue weighted by molar-refractivity contribution is 5.87. The molecule has 0 heterocycles. The number of alkyl carbamates (subject to hydrolysis) is 1. The monoisotopic (exact) mass is 361 g/mol. The van der Waals surface area contributed by atoms with Gasteiger partial charge < -0.3 is 24.6 Å². The van der Waals surface area contributed by atoms with E-state index in [4.69, 9.17) is 14.6 Å². The van der Waals surface area contributed by atoms with Gasteiger partial charge in [0.2, 0.25) is 0 Å². The van der Waals surface area contributed by atoms with Crippen molar-refractivity contribution in [1.29, 1.82) is 0 Å². The minimum atomic E-state index is -1.37. The zero-order valence-corrected chi connectivity index (χ0v) is 15.3. The minimum absolute atomic E-state index is 0.141. The number of carboxylic acids is 1. The summed E-state index contributed by atoms with van der Waals surface area (Å²) in [6.07, 6.45) is -1.40. The second kappa shape index (κ2) is 10.5. The molecule has 0 aromatic heterocycles. The van der Waals surface area contributed by atoms with Crippen molar-refractivity contribution in [3.63, 3.8) is 0 Å². The fourth-order valence-corrected chi connectivity index (χ4v) is 1.52. The normalized spacial score (nSPS) is 13.3. The molecule has 0 saturated heterocycles. The Morgan fingerprint density at radius 3 is 2.24 bits per heavy atom. The standard InChI is InChI=1S/C16H27NO8/c1-6-7-8-23-14(21)11(17-15(22)25-16(3,4)5)9-12(18)24-10(2)13(19)20/h10-11H,6-9H2,1-5H3,(H,17,22)(H,19,20)/t10-,11-/m0/s1. The number of carbonyl (C=O) groups excluding carboxylic acids is 3. The maximum Gasteiger partial charge on any atom is 0.408 e. The van der Waals surface area contributed by atoms with Crippen LogP contribution in [0.2, 0.25) is 0 Å². The van der Waals surface area contributed by atoms with Crippen molar-refractivity contribution in [1.82, 2.24) is 5.32 Å². The first-order valence-corrected chi connectivity index (χ1v) is 8.04. The number of unbranched alkanes of at least 4 members (excludes halogenated alkanes) is 1. The number of rotatable bonds is 9. The second-order valence-corrected chi connectivity index (χ2v) is 6.39. The summed E-state index contributed by atoms with van der Waals surface area (Å²) in [6, 6.07) is -1.33. The van der Waals surface area contributed by atoms with E-state index in [1.807, 2.05) is 6.92 Å². The first-order chi connectivity index (χ1) is 11.5. The van der Waals surface area contributed by atoms with Crippen LogP contribution in [0, 0.1) is 0 Å². The summed E-state index contributed by atoms with van der Waals surface area (Å²) in [7, 11) is 0. The van der Waals surface area contributed by atoms with Crippen LogP contribution in [0.4, 0.5) is 4.79 Å². The van der Waals surface area contributed by atoms with Gasteiger partial charge in [0.15, 0.2) is 6.10 Å². The van der Waals surface area contributed by atoms with Gasteiger partial charge in [0.1, 0.15) is 11.6 Å². The van der Waals surface area contributed by atoms with Gasteiger partial charge in [0.25, 0.3) is 0 Å². The quantitative estimate of drug-likeness (QED) is 0.360. The second-order valence-electron chi connectivity index (χ2n) is 6.39. The summed E-state index contributed by atoms with van der Waals surface area (Å²) in [5, 5.41) is 11.0. The third kappa shape index (κ3) is 11.0. The van der Waals surface area contributed by atoms with Crippen molar-refractivity contribution >= 4 is 24.0 Å². The van der Waals surface area contributed by atoms with Crippen LogP contribution in [0.25, 0.3) is 0 Å². The molecule has 0 aromatic carbocycles. The van der Waals surface area contributed by atoms with Gasteiger partial charge >= 0.3 is 24.0 Å². The predicted octanol–water partition coefficient (Wildman–Crippen LogP) is 1.63. The molecule has 9 heteroatoms. The van der Waals surface area contributed by atoms with Crippen LogP contribution in [-0.2, 0) is 28.6 Å². The third-order valence-corrected chi connectivity index (χ3v) is 2.74. The summed E-state index contributed by atoms with van der Waals surface area (Å²) in [5.41, 5.74) is -0.793. The Kier molecular flexibility index (Phi) is 9.55. The molecular formula is C16H27NO8. The predicted molar refractivity (Wildman–Crippen MR) is 86.8 cm³/mol. The number of esters is 2. The highest BCUT2D eigenvalue weighted by Crippen LogP contribution is 2.08. The van der Waals surface area contributed by atoms with Crippen molar-refractivity contribution in [2.24, 2.45) is 0 Å². The molecule has 2 N–H and O–H groups in total. The van der Waals surface area contributed by atoms with Gasteiger partial charge in [0.05, 0.1) is 13.0 Å². The molecule has 0 saturated carbocycles. The van der Waals surface area contributed by atoms with Gasteiger partial charge in [-0.05, 0) is 34.1 Å². The molecule has 0 aliphatic carbocycles. The lowest BCUT2D eigenvalue weighted by Crippen LogP contribution is -2.46. The lowest BCUT2D eigenvalue weighted by atomic mass is 10.2. The fraction of sp³-hybridized carbons (Fsp3) is 0.750. The molecule has 0 radical (unpaired) electrons. The molecule has 9 nitrogen and oxygen atoms in total. The number of hydrogen-bond donors (Lipinski definition) is 2. The van der Waals surface area contributed by atoms with E-state index in [2.05, 4.69) is 10.1 Å². The number of carbonyl (C=O) groups is 4. The molecule has 0 bridgehead atoms. The molecule has 0 fully saturated rings. The maximum absolute atomic E-state index is 12.1. The zero-order chi connectivity index (χ0) is 19.6.